The zero-order valence-electron chi connectivity index (χ0n) is 15.8. The van der Waals surface area contributed by atoms with Gasteiger partial charge in [0.1, 0.15) is 5.56 Å². The predicted molar refractivity (Wildman–Crippen MR) is 104 cm³/mol. The average Bonchev–Trinajstić information content (AvgIpc) is 3.10. The molecule has 1 atom stereocenters. The minimum Gasteiger partial charge on any atom is -0.504 e. The molecule has 0 radical (unpaired) electrons. The Morgan fingerprint density at radius 3 is 2.82 bits per heavy atom. The van der Waals surface area contributed by atoms with Crippen LogP contribution in [0.4, 0.5) is 10.1 Å². The van der Waals surface area contributed by atoms with Gasteiger partial charge in [-0.3, -0.25) is 9.47 Å². The van der Waals surface area contributed by atoms with E-state index in [0.29, 0.717) is 48.7 Å². The van der Waals surface area contributed by atoms with E-state index < -0.39 is 28.5 Å². The van der Waals surface area contributed by atoms with Gasteiger partial charge in [0.2, 0.25) is 5.43 Å². The van der Waals surface area contributed by atoms with E-state index in [2.05, 4.69) is 5.32 Å². The highest BCUT2D eigenvalue weighted by atomic mass is 19.1. The molecular formula is C19H23FN4O4. The molecule has 150 valence electrons. The van der Waals surface area contributed by atoms with Crippen molar-refractivity contribution in [2.75, 3.05) is 50.2 Å². The van der Waals surface area contributed by atoms with Gasteiger partial charge in [-0.2, -0.15) is 0 Å². The molecule has 1 aromatic carbocycles. The van der Waals surface area contributed by atoms with Crippen LogP contribution < -0.4 is 20.7 Å². The van der Waals surface area contributed by atoms with Crippen molar-refractivity contribution < 1.29 is 19.4 Å². The highest BCUT2D eigenvalue weighted by molar-refractivity contribution is 5.99. The number of hydrogen-bond donors (Lipinski definition) is 3. The molecular weight excluding hydrogens is 367 g/mol. The Bertz CT molecular complexity index is 1040. The first-order valence-corrected chi connectivity index (χ1v) is 9.32. The fourth-order valence-electron chi connectivity index (χ4n) is 4.44. The summed E-state index contributed by atoms with van der Waals surface area (Å²) in [7, 11) is 3.64. The lowest BCUT2D eigenvalue weighted by Gasteiger charge is -2.34. The molecule has 0 spiro atoms. The number of anilines is 1. The summed E-state index contributed by atoms with van der Waals surface area (Å²) >= 11 is 0. The van der Waals surface area contributed by atoms with E-state index in [1.807, 2.05) is 11.9 Å². The molecule has 8 nitrogen and oxygen atoms in total. The first kappa shape index (κ1) is 18.5. The van der Waals surface area contributed by atoms with E-state index in [4.69, 9.17) is 0 Å². The van der Waals surface area contributed by atoms with E-state index in [1.54, 1.807) is 16.7 Å². The Morgan fingerprint density at radius 1 is 1.39 bits per heavy atom. The molecule has 0 aliphatic carbocycles. The number of nitrogens with one attached hydrogen (secondary N) is 1. The van der Waals surface area contributed by atoms with Crippen molar-refractivity contribution in [1.82, 2.24) is 9.99 Å². The SMILES string of the molecule is CNCC1CCN(c2c(F)c(O)c3c(=O)c(C(=O)O)cn4c3c2CCN4C)C1. The van der Waals surface area contributed by atoms with Crippen molar-refractivity contribution in [1.29, 1.82) is 0 Å². The molecule has 2 aromatic rings. The average molecular weight is 390 g/mol. The van der Waals surface area contributed by atoms with E-state index in [0.717, 1.165) is 13.0 Å². The monoisotopic (exact) mass is 390 g/mol. The minimum atomic E-state index is -1.41. The third kappa shape index (κ3) is 2.61. The second-order valence-corrected chi connectivity index (χ2v) is 7.52. The summed E-state index contributed by atoms with van der Waals surface area (Å²) in [6.45, 7) is 2.68. The molecule has 1 aromatic heterocycles. The van der Waals surface area contributed by atoms with Crippen molar-refractivity contribution in [3.63, 3.8) is 0 Å². The van der Waals surface area contributed by atoms with Crippen LogP contribution in [0.2, 0.25) is 0 Å². The molecule has 1 fully saturated rings. The number of rotatable bonds is 4. The fraction of sp³-hybridized carbons (Fsp3) is 0.474. The van der Waals surface area contributed by atoms with E-state index in [-0.39, 0.29) is 5.39 Å². The number of carboxylic acids is 1. The number of carbonyl (C=O) groups is 1. The molecule has 0 amide bonds. The van der Waals surface area contributed by atoms with Crippen molar-refractivity contribution >= 4 is 22.6 Å². The highest BCUT2D eigenvalue weighted by Crippen LogP contribution is 2.41. The maximum atomic E-state index is 15.3. The number of phenolic OH excluding ortho intramolecular Hbond substituents is 1. The Labute approximate surface area is 160 Å². The Hall–Kier alpha value is -2.81. The molecule has 3 N–H and O–H groups in total. The second kappa shape index (κ2) is 6.66. The van der Waals surface area contributed by atoms with Crippen molar-refractivity contribution in [3.8, 4) is 5.75 Å². The van der Waals surface area contributed by atoms with Gasteiger partial charge in [-0.25, -0.2) is 9.18 Å². The Balaban J connectivity index is 2.01. The minimum absolute atomic E-state index is 0.270. The standard InChI is InChI=1S/C19H23FN4O4/c1-21-7-10-3-6-23(8-10)16-11-4-5-22(2)24-9-12(19(27)28)17(25)13(15(11)24)18(26)14(16)20/h9-10,21,26H,3-8H2,1-2H3,(H,27,28). The lowest BCUT2D eigenvalue weighted by Crippen LogP contribution is -2.39. The first-order valence-electron chi connectivity index (χ1n) is 9.32. The van der Waals surface area contributed by atoms with Crippen LogP contribution in [0.5, 0.6) is 5.75 Å². The molecule has 9 heteroatoms. The summed E-state index contributed by atoms with van der Waals surface area (Å²) in [6, 6.07) is 0. The number of hydrogen-bond acceptors (Lipinski definition) is 6. The highest BCUT2D eigenvalue weighted by Gasteiger charge is 2.33. The molecule has 0 saturated carbocycles. The van der Waals surface area contributed by atoms with E-state index in [9.17, 15) is 19.8 Å². The second-order valence-electron chi connectivity index (χ2n) is 7.52. The van der Waals surface area contributed by atoms with Crippen LogP contribution in [0.25, 0.3) is 10.9 Å². The summed E-state index contributed by atoms with van der Waals surface area (Å²) in [6.07, 6.45) is 2.66. The predicted octanol–water partition coefficient (Wildman–Crippen LogP) is 0.714. The normalized spacial score (nSPS) is 18.9. The number of phenols is 1. The Morgan fingerprint density at radius 2 is 2.14 bits per heavy atom. The molecule has 1 unspecified atom stereocenters. The summed E-state index contributed by atoms with van der Waals surface area (Å²) in [5.74, 6) is -2.65. The number of likely N-dealkylation sites (N-methyl/N-ethyl adjacent to an activating group) is 1. The van der Waals surface area contributed by atoms with Crippen molar-refractivity contribution in [2.45, 2.75) is 12.8 Å². The molecule has 1 saturated heterocycles. The van der Waals surface area contributed by atoms with Gasteiger partial charge in [-0.05, 0) is 32.4 Å². The maximum Gasteiger partial charge on any atom is 0.341 e. The molecule has 2 aliphatic rings. The van der Waals surface area contributed by atoms with Gasteiger partial charge in [-0.1, -0.05) is 0 Å². The number of benzene rings is 1. The Kier molecular flexibility index (Phi) is 4.41. The number of aromatic carboxylic acids is 1. The van der Waals surface area contributed by atoms with Crippen LogP contribution in [-0.2, 0) is 6.42 Å². The summed E-state index contributed by atoms with van der Waals surface area (Å²) in [5, 5.41) is 24.6. The summed E-state index contributed by atoms with van der Waals surface area (Å²) in [4.78, 5) is 26.1. The van der Waals surface area contributed by atoms with Crippen LogP contribution in [-0.4, -0.2) is 61.1 Å². The molecule has 0 bridgehead atoms. The smallest absolute Gasteiger partial charge is 0.341 e. The van der Waals surface area contributed by atoms with E-state index >= 15 is 4.39 Å². The fourth-order valence-corrected chi connectivity index (χ4v) is 4.44. The van der Waals surface area contributed by atoms with Crippen LogP contribution in [0.1, 0.15) is 22.3 Å². The number of aromatic nitrogens is 1. The topological polar surface area (TPSA) is 98.0 Å². The van der Waals surface area contributed by atoms with E-state index in [1.165, 1.54) is 6.20 Å². The lowest BCUT2D eigenvalue weighted by molar-refractivity contribution is 0.0695. The van der Waals surface area contributed by atoms with Crippen LogP contribution in [0.15, 0.2) is 11.0 Å². The first-order chi connectivity index (χ1) is 13.3. The van der Waals surface area contributed by atoms with Crippen molar-refractivity contribution in [3.05, 3.63) is 33.4 Å². The van der Waals surface area contributed by atoms with Gasteiger partial charge >= 0.3 is 5.97 Å². The number of nitrogens with zero attached hydrogens (tertiary/aromatic N) is 3. The summed E-state index contributed by atoms with van der Waals surface area (Å²) < 4.78 is 16.8. The van der Waals surface area contributed by atoms with Crippen LogP contribution >= 0.6 is 0 Å². The maximum absolute atomic E-state index is 15.3. The van der Waals surface area contributed by atoms with Crippen molar-refractivity contribution in [2.24, 2.45) is 5.92 Å². The molecule has 28 heavy (non-hydrogen) atoms. The zero-order chi connectivity index (χ0) is 20.2. The van der Waals surface area contributed by atoms with Gasteiger partial charge in [0.05, 0.1) is 16.6 Å². The largest absolute Gasteiger partial charge is 0.504 e. The molecule has 2 aliphatic heterocycles. The van der Waals surface area contributed by atoms with Gasteiger partial charge in [0.15, 0.2) is 11.6 Å². The quantitative estimate of drug-likeness (QED) is 0.707. The number of aromatic hydroxyl groups is 1. The van der Waals surface area contributed by atoms with Crippen LogP contribution in [0, 0.1) is 11.7 Å². The zero-order valence-corrected chi connectivity index (χ0v) is 15.8. The number of pyridine rings is 1. The van der Waals surface area contributed by atoms with Crippen LogP contribution in [0.3, 0.4) is 0 Å². The molecule has 3 heterocycles. The molecule has 4 rings (SSSR count). The van der Waals surface area contributed by atoms with Gasteiger partial charge < -0.3 is 25.4 Å². The van der Waals surface area contributed by atoms with Gasteiger partial charge in [0.25, 0.3) is 0 Å². The number of halogens is 1. The third-order valence-electron chi connectivity index (χ3n) is 5.79. The number of carboxylic acid groups (broad SMARTS) is 1. The third-order valence-corrected chi connectivity index (χ3v) is 5.79. The van der Waals surface area contributed by atoms with Gasteiger partial charge in [-0.15, -0.1) is 0 Å². The van der Waals surface area contributed by atoms with Gasteiger partial charge in [0, 0.05) is 38.4 Å². The summed E-state index contributed by atoms with van der Waals surface area (Å²) in [5.41, 5.74) is -0.0113. The lowest BCUT2D eigenvalue weighted by atomic mass is 9.98.